The van der Waals surface area contributed by atoms with E-state index in [-0.39, 0.29) is 11.6 Å². The van der Waals surface area contributed by atoms with Gasteiger partial charge in [-0.3, -0.25) is 4.68 Å². The predicted molar refractivity (Wildman–Crippen MR) is 81.4 cm³/mol. The van der Waals surface area contributed by atoms with Crippen molar-refractivity contribution in [2.75, 3.05) is 6.54 Å². The molecule has 0 saturated carbocycles. The summed E-state index contributed by atoms with van der Waals surface area (Å²) in [5.41, 5.74) is 1.03. The molecular formula is C14H27N3O2S. The highest BCUT2D eigenvalue weighted by Crippen LogP contribution is 2.28. The van der Waals surface area contributed by atoms with Crippen molar-refractivity contribution < 1.29 is 8.42 Å². The Kier molecular flexibility index (Phi) is 4.71. The number of hydrogen-bond acceptors (Lipinski definition) is 3. The van der Waals surface area contributed by atoms with E-state index in [4.69, 9.17) is 0 Å². The van der Waals surface area contributed by atoms with Gasteiger partial charge in [-0.1, -0.05) is 6.92 Å². The lowest BCUT2D eigenvalue weighted by atomic mass is 10.1. The fourth-order valence-corrected chi connectivity index (χ4v) is 4.59. The second-order valence-corrected chi connectivity index (χ2v) is 8.21. The summed E-state index contributed by atoms with van der Waals surface area (Å²) >= 11 is 0. The molecule has 0 atom stereocenters. The van der Waals surface area contributed by atoms with Gasteiger partial charge >= 0.3 is 0 Å². The van der Waals surface area contributed by atoms with Gasteiger partial charge in [0.1, 0.15) is 4.90 Å². The zero-order chi connectivity index (χ0) is 15.9. The Morgan fingerprint density at radius 3 is 2.05 bits per heavy atom. The monoisotopic (exact) mass is 301 g/mol. The van der Waals surface area contributed by atoms with Crippen LogP contribution >= 0.6 is 0 Å². The Morgan fingerprint density at radius 1 is 1.25 bits per heavy atom. The lowest BCUT2D eigenvalue weighted by molar-refractivity contribution is 0.344. The molecule has 5 nitrogen and oxygen atoms in total. The molecule has 0 aliphatic carbocycles. The van der Waals surface area contributed by atoms with Crippen LogP contribution in [-0.4, -0.2) is 35.1 Å². The maximum Gasteiger partial charge on any atom is 0.246 e. The van der Waals surface area contributed by atoms with E-state index in [0.717, 1.165) is 0 Å². The molecule has 20 heavy (non-hydrogen) atoms. The molecule has 0 aromatic carbocycles. The van der Waals surface area contributed by atoms with E-state index in [0.29, 0.717) is 22.8 Å². The number of sulfonamides is 1. The summed E-state index contributed by atoms with van der Waals surface area (Å²) in [5, 5.41) is 4.43. The largest absolute Gasteiger partial charge is 0.263 e. The Balaban J connectivity index is 3.52. The first kappa shape index (κ1) is 17.2. The number of aryl methyl sites for hydroxylation is 1. The molecule has 0 N–H and O–H groups in total. The van der Waals surface area contributed by atoms with E-state index < -0.39 is 10.0 Å². The highest BCUT2D eigenvalue weighted by atomic mass is 32.2. The summed E-state index contributed by atoms with van der Waals surface area (Å²) in [5.74, 6) is 0. The van der Waals surface area contributed by atoms with Crippen LogP contribution in [0.25, 0.3) is 0 Å². The molecular weight excluding hydrogens is 274 g/mol. The molecule has 0 unspecified atom stereocenters. The van der Waals surface area contributed by atoms with Crippen molar-refractivity contribution in [3.05, 3.63) is 11.4 Å². The fourth-order valence-electron chi connectivity index (χ4n) is 2.58. The lowest BCUT2D eigenvalue weighted by Crippen LogP contribution is -2.37. The molecule has 1 aromatic rings. The zero-order valence-corrected chi connectivity index (χ0v) is 14.7. The van der Waals surface area contributed by atoms with Crippen molar-refractivity contribution in [2.45, 2.75) is 71.9 Å². The van der Waals surface area contributed by atoms with E-state index in [1.54, 1.807) is 11.6 Å². The molecule has 116 valence electrons. The van der Waals surface area contributed by atoms with E-state index >= 15 is 0 Å². The van der Waals surface area contributed by atoms with Crippen molar-refractivity contribution >= 4 is 10.0 Å². The van der Waals surface area contributed by atoms with Gasteiger partial charge < -0.3 is 0 Å². The third-order valence-corrected chi connectivity index (χ3v) is 5.72. The maximum absolute atomic E-state index is 12.9. The zero-order valence-electron chi connectivity index (χ0n) is 13.9. The van der Waals surface area contributed by atoms with Crippen molar-refractivity contribution in [2.24, 2.45) is 0 Å². The van der Waals surface area contributed by atoms with E-state index in [9.17, 15) is 8.42 Å². The smallest absolute Gasteiger partial charge is 0.246 e. The molecule has 0 aliphatic heterocycles. The molecule has 1 rings (SSSR count). The standard InChI is InChI=1S/C14H27N3O2S/c1-9-16(10(2)3)20(18,19)13-11(4)15-17(12(13)5)14(6,7)8/h10H,9H2,1-8H3. The average molecular weight is 301 g/mol. The first-order valence-corrected chi connectivity index (χ1v) is 8.47. The van der Waals surface area contributed by atoms with Gasteiger partial charge in [-0.25, -0.2) is 8.42 Å². The minimum absolute atomic E-state index is 0.0678. The van der Waals surface area contributed by atoms with Crippen LogP contribution in [0.4, 0.5) is 0 Å². The maximum atomic E-state index is 12.9. The quantitative estimate of drug-likeness (QED) is 0.859. The molecule has 1 heterocycles. The van der Waals surface area contributed by atoms with E-state index in [1.165, 1.54) is 4.31 Å². The van der Waals surface area contributed by atoms with Crippen LogP contribution in [0.2, 0.25) is 0 Å². The van der Waals surface area contributed by atoms with E-state index in [2.05, 4.69) is 5.10 Å². The van der Waals surface area contributed by atoms with Crippen LogP contribution in [0, 0.1) is 13.8 Å². The van der Waals surface area contributed by atoms with Gasteiger partial charge in [0, 0.05) is 12.6 Å². The van der Waals surface area contributed by atoms with Gasteiger partial charge in [0.15, 0.2) is 0 Å². The summed E-state index contributed by atoms with van der Waals surface area (Å²) in [6.07, 6.45) is 0. The van der Waals surface area contributed by atoms with E-state index in [1.807, 2.05) is 48.5 Å². The van der Waals surface area contributed by atoms with Crippen LogP contribution in [0.1, 0.15) is 52.9 Å². The Labute approximate surface area is 123 Å². The third-order valence-electron chi connectivity index (χ3n) is 3.31. The molecule has 0 radical (unpaired) electrons. The fraction of sp³-hybridized carbons (Fsp3) is 0.786. The topological polar surface area (TPSA) is 55.2 Å². The van der Waals surface area contributed by atoms with Gasteiger partial charge in [0.25, 0.3) is 0 Å². The molecule has 0 fully saturated rings. The summed E-state index contributed by atoms with van der Waals surface area (Å²) in [6, 6.07) is -0.0678. The predicted octanol–water partition coefficient (Wildman–Crippen LogP) is 2.67. The molecule has 0 saturated heterocycles. The van der Waals surface area contributed by atoms with Crippen molar-refractivity contribution in [3.8, 4) is 0 Å². The minimum atomic E-state index is -3.50. The van der Waals surface area contributed by atoms with Crippen LogP contribution in [0.3, 0.4) is 0 Å². The Hall–Kier alpha value is -0.880. The summed E-state index contributed by atoms with van der Waals surface area (Å²) in [6.45, 7) is 15.7. The second kappa shape index (κ2) is 5.48. The number of hydrogen-bond donors (Lipinski definition) is 0. The van der Waals surface area contributed by atoms with Crippen molar-refractivity contribution in [1.29, 1.82) is 0 Å². The van der Waals surface area contributed by atoms with Crippen LogP contribution in [-0.2, 0) is 15.6 Å². The normalized spacial score (nSPS) is 13.5. The number of rotatable bonds is 4. The Morgan fingerprint density at radius 2 is 1.75 bits per heavy atom. The first-order chi connectivity index (χ1) is 8.94. The van der Waals surface area contributed by atoms with Gasteiger partial charge in [0.2, 0.25) is 10.0 Å². The molecule has 0 amide bonds. The molecule has 1 aromatic heterocycles. The Bertz CT molecular complexity index is 580. The summed E-state index contributed by atoms with van der Waals surface area (Å²) < 4.78 is 29.0. The highest BCUT2D eigenvalue weighted by Gasteiger charge is 2.33. The van der Waals surface area contributed by atoms with Gasteiger partial charge in [-0.05, 0) is 48.5 Å². The van der Waals surface area contributed by atoms with Crippen molar-refractivity contribution in [3.63, 3.8) is 0 Å². The number of nitrogens with zero attached hydrogens (tertiary/aromatic N) is 3. The van der Waals surface area contributed by atoms with Crippen LogP contribution < -0.4 is 0 Å². The van der Waals surface area contributed by atoms with Crippen LogP contribution in [0.5, 0.6) is 0 Å². The molecule has 6 heteroatoms. The van der Waals surface area contributed by atoms with Crippen LogP contribution in [0.15, 0.2) is 4.90 Å². The third kappa shape index (κ3) is 2.91. The van der Waals surface area contributed by atoms with Gasteiger partial charge in [-0.15, -0.1) is 0 Å². The van der Waals surface area contributed by atoms with Gasteiger partial charge in [0.05, 0.1) is 16.9 Å². The summed E-state index contributed by atoms with van der Waals surface area (Å²) in [7, 11) is -3.50. The second-order valence-electron chi connectivity index (χ2n) is 6.38. The highest BCUT2D eigenvalue weighted by molar-refractivity contribution is 7.89. The minimum Gasteiger partial charge on any atom is -0.263 e. The van der Waals surface area contributed by atoms with Gasteiger partial charge in [-0.2, -0.15) is 9.40 Å². The number of aromatic nitrogens is 2. The molecule has 0 bridgehead atoms. The molecule has 0 aliphatic rings. The SMILES string of the molecule is CCN(C(C)C)S(=O)(=O)c1c(C)nn(C(C)(C)C)c1C. The average Bonchev–Trinajstić information content (AvgIpc) is 2.53. The molecule has 0 spiro atoms. The lowest BCUT2D eigenvalue weighted by Gasteiger charge is -2.25. The summed E-state index contributed by atoms with van der Waals surface area (Å²) in [4.78, 5) is 0.350. The first-order valence-electron chi connectivity index (χ1n) is 7.03. The van der Waals surface area contributed by atoms with Crippen molar-refractivity contribution in [1.82, 2.24) is 14.1 Å².